The van der Waals surface area contributed by atoms with E-state index in [1.165, 1.54) is 40.4 Å². The highest BCUT2D eigenvalue weighted by Crippen LogP contribution is 2.12. The van der Waals surface area contributed by atoms with Crippen LogP contribution in [0.1, 0.15) is 5.56 Å². The van der Waals surface area contributed by atoms with Crippen molar-refractivity contribution in [1.82, 2.24) is 24.3 Å². The van der Waals surface area contributed by atoms with Gasteiger partial charge in [0.25, 0.3) is 5.56 Å². The lowest BCUT2D eigenvalue weighted by Gasteiger charge is -2.08. The van der Waals surface area contributed by atoms with Crippen molar-refractivity contribution in [2.75, 3.05) is 0 Å². The third-order valence-electron chi connectivity index (χ3n) is 2.89. The van der Waals surface area contributed by atoms with Gasteiger partial charge in [-0.05, 0) is 24.6 Å². The summed E-state index contributed by atoms with van der Waals surface area (Å²) in [5.74, 6) is -0.264. The number of aryl methyl sites for hydroxylation is 1. The minimum absolute atomic E-state index is 0.103. The Morgan fingerprint density at radius 3 is 2.85 bits per heavy atom. The summed E-state index contributed by atoms with van der Waals surface area (Å²) in [5, 5.41) is 3.87. The molecule has 0 unspecified atom stereocenters. The summed E-state index contributed by atoms with van der Waals surface area (Å²) in [6.07, 6.45) is 5.62. The fourth-order valence-electron chi connectivity index (χ4n) is 1.81. The predicted molar refractivity (Wildman–Crippen MR) is 69.4 cm³/mol. The van der Waals surface area contributed by atoms with Crippen molar-refractivity contribution >= 4 is 0 Å². The molecule has 0 aliphatic heterocycles. The lowest BCUT2D eigenvalue weighted by molar-refractivity contribution is 0.617. The number of rotatable bonds is 2. The molecule has 0 atom stereocenters. The molecule has 0 fully saturated rings. The number of aromatic nitrogens is 5. The van der Waals surface area contributed by atoms with Gasteiger partial charge in [0.1, 0.15) is 18.5 Å². The van der Waals surface area contributed by atoms with E-state index in [0.29, 0.717) is 11.3 Å². The van der Waals surface area contributed by atoms with E-state index in [2.05, 4.69) is 15.1 Å². The van der Waals surface area contributed by atoms with E-state index < -0.39 is 5.56 Å². The highest BCUT2D eigenvalue weighted by molar-refractivity contribution is 5.36. The van der Waals surface area contributed by atoms with Gasteiger partial charge < -0.3 is 0 Å². The molecule has 0 spiro atoms. The van der Waals surface area contributed by atoms with Crippen LogP contribution in [-0.2, 0) is 0 Å². The summed E-state index contributed by atoms with van der Waals surface area (Å²) in [5.41, 5.74) is 0.551. The van der Waals surface area contributed by atoms with Crippen LogP contribution in [0.4, 0.5) is 4.39 Å². The van der Waals surface area contributed by atoms with E-state index >= 15 is 0 Å². The quantitative estimate of drug-likeness (QED) is 0.704. The smallest absolute Gasteiger partial charge is 0.279 e. The van der Waals surface area contributed by atoms with Gasteiger partial charge in [0.2, 0.25) is 5.82 Å². The Balaban J connectivity index is 2.18. The Kier molecular flexibility index (Phi) is 2.86. The molecular formula is C13H10FN5O. The Labute approximate surface area is 113 Å². The molecule has 0 aliphatic rings. The molecular weight excluding hydrogens is 261 g/mol. The maximum absolute atomic E-state index is 13.6. The lowest BCUT2D eigenvalue weighted by atomic mass is 10.2. The predicted octanol–water partition coefficient (Wildman–Crippen LogP) is 1.26. The van der Waals surface area contributed by atoms with Crippen LogP contribution >= 0.6 is 0 Å². The second-order valence-corrected chi connectivity index (χ2v) is 4.20. The topological polar surface area (TPSA) is 65.6 Å². The molecule has 100 valence electrons. The molecule has 3 rings (SSSR count). The van der Waals surface area contributed by atoms with Crippen molar-refractivity contribution in [3.05, 3.63) is 65.0 Å². The first-order chi connectivity index (χ1) is 9.66. The standard InChI is InChI=1S/C13H10FN5O/c1-9-2-3-10(6-11(9)14)18-5-4-16-12(13(18)20)19-8-15-7-17-19/h2-8H,1H3. The van der Waals surface area contributed by atoms with Gasteiger partial charge in [-0.2, -0.15) is 9.78 Å². The maximum Gasteiger partial charge on any atom is 0.300 e. The third kappa shape index (κ3) is 1.99. The summed E-state index contributed by atoms with van der Waals surface area (Å²) in [6, 6.07) is 4.60. The molecule has 7 heteroatoms. The Morgan fingerprint density at radius 1 is 1.30 bits per heavy atom. The number of hydrogen-bond acceptors (Lipinski definition) is 4. The van der Waals surface area contributed by atoms with E-state index in [4.69, 9.17) is 0 Å². The SMILES string of the molecule is Cc1ccc(-n2ccnc(-n3cncn3)c2=O)cc1F. The molecule has 1 aromatic carbocycles. The summed E-state index contributed by atoms with van der Waals surface area (Å²) >= 11 is 0. The minimum atomic E-state index is -0.402. The number of nitrogens with zero attached hydrogens (tertiary/aromatic N) is 5. The minimum Gasteiger partial charge on any atom is -0.279 e. The van der Waals surface area contributed by atoms with Gasteiger partial charge in [0.05, 0.1) is 5.69 Å². The molecule has 0 saturated carbocycles. The Hall–Kier alpha value is -2.83. The van der Waals surface area contributed by atoms with Crippen LogP contribution in [0.2, 0.25) is 0 Å². The first-order valence-corrected chi connectivity index (χ1v) is 5.86. The van der Waals surface area contributed by atoms with E-state index in [-0.39, 0.29) is 11.6 Å². The molecule has 0 saturated heterocycles. The summed E-state index contributed by atoms with van der Waals surface area (Å²) in [4.78, 5) is 20.1. The van der Waals surface area contributed by atoms with Crippen molar-refractivity contribution in [2.45, 2.75) is 6.92 Å². The van der Waals surface area contributed by atoms with E-state index in [1.54, 1.807) is 19.1 Å². The average molecular weight is 271 g/mol. The zero-order valence-corrected chi connectivity index (χ0v) is 10.6. The maximum atomic E-state index is 13.6. The highest BCUT2D eigenvalue weighted by atomic mass is 19.1. The number of hydrogen-bond donors (Lipinski definition) is 0. The van der Waals surface area contributed by atoms with Crippen LogP contribution in [0.25, 0.3) is 11.5 Å². The lowest BCUT2D eigenvalue weighted by Crippen LogP contribution is -2.24. The largest absolute Gasteiger partial charge is 0.300 e. The van der Waals surface area contributed by atoms with Gasteiger partial charge in [-0.1, -0.05) is 6.07 Å². The second kappa shape index (κ2) is 4.69. The zero-order valence-electron chi connectivity index (χ0n) is 10.6. The van der Waals surface area contributed by atoms with Crippen LogP contribution in [0, 0.1) is 12.7 Å². The molecule has 6 nitrogen and oxygen atoms in total. The van der Waals surface area contributed by atoms with E-state index in [9.17, 15) is 9.18 Å². The highest BCUT2D eigenvalue weighted by Gasteiger charge is 2.10. The number of benzene rings is 1. The Morgan fingerprint density at radius 2 is 2.15 bits per heavy atom. The molecule has 0 bridgehead atoms. The molecule has 0 amide bonds. The normalized spacial score (nSPS) is 10.7. The molecule has 0 N–H and O–H groups in total. The first kappa shape index (κ1) is 12.2. The summed E-state index contributed by atoms with van der Waals surface area (Å²) in [7, 11) is 0. The van der Waals surface area contributed by atoms with Crippen molar-refractivity contribution in [1.29, 1.82) is 0 Å². The average Bonchev–Trinajstić information content (AvgIpc) is 2.96. The van der Waals surface area contributed by atoms with Crippen LogP contribution in [0.15, 0.2) is 48.0 Å². The fourth-order valence-corrected chi connectivity index (χ4v) is 1.81. The van der Waals surface area contributed by atoms with Crippen LogP contribution < -0.4 is 5.56 Å². The monoisotopic (exact) mass is 271 g/mol. The van der Waals surface area contributed by atoms with Gasteiger partial charge in [-0.3, -0.25) is 9.36 Å². The van der Waals surface area contributed by atoms with Gasteiger partial charge in [-0.15, -0.1) is 0 Å². The van der Waals surface area contributed by atoms with Crippen LogP contribution in [-0.4, -0.2) is 24.3 Å². The molecule has 2 aromatic heterocycles. The second-order valence-electron chi connectivity index (χ2n) is 4.20. The van der Waals surface area contributed by atoms with E-state index in [0.717, 1.165) is 0 Å². The van der Waals surface area contributed by atoms with Crippen LogP contribution in [0.5, 0.6) is 0 Å². The summed E-state index contributed by atoms with van der Waals surface area (Å²) < 4.78 is 16.2. The van der Waals surface area contributed by atoms with Gasteiger partial charge in [0, 0.05) is 12.4 Å². The van der Waals surface area contributed by atoms with Crippen molar-refractivity contribution in [3.8, 4) is 11.5 Å². The van der Waals surface area contributed by atoms with Gasteiger partial charge in [0.15, 0.2) is 0 Å². The zero-order chi connectivity index (χ0) is 14.1. The molecule has 0 radical (unpaired) electrons. The molecule has 2 heterocycles. The van der Waals surface area contributed by atoms with E-state index in [1.807, 2.05) is 0 Å². The fraction of sp³-hybridized carbons (Fsp3) is 0.0769. The molecule has 0 aliphatic carbocycles. The van der Waals surface area contributed by atoms with Crippen molar-refractivity contribution in [3.63, 3.8) is 0 Å². The van der Waals surface area contributed by atoms with Gasteiger partial charge in [-0.25, -0.2) is 14.4 Å². The number of halogens is 1. The molecule has 20 heavy (non-hydrogen) atoms. The van der Waals surface area contributed by atoms with Crippen molar-refractivity contribution in [2.24, 2.45) is 0 Å². The summed E-state index contributed by atoms with van der Waals surface area (Å²) in [6.45, 7) is 1.66. The first-order valence-electron chi connectivity index (χ1n) is 5.86. The molecule has 3 aromatic rings. The van der Waals surface area contributed by atoms with Crippen molar-refractivity contribution < 1.29 is 4.39 Å². The van der Waals surface area contributed by atoms with Gasteiger partial charge >= 0.3 is 0 Å². The Bertz CT molecular complexity index is 810. The van der Waals surface area contributed by atoms with Crippen LogP contribution in [0.3, 0.4) is 0 Å². The third-order valence-corrected chi connectivity index (χ3v) is 2.89.